The van der Waals surface area contributed by atoms with E-state index in [1.807, 2.05) is 18.2 Å². The van der Waals surface area contributed by atoms with Gasteiger partial charge in [0.05, 0.1) is 0 Å². The van der Waals surface area contributed by atoms with Crippen molar-refractivity contribution in [2.45, 2.75) is 57.6 Å². The molecule has 0 fully saturated rings. The molecular weight excluding hydrogens is 248 g/mol. The Balaban J connectivity index is 1.98. The minimum atomic E-state index is -0.550. The number of amidine groups is 1. The highest BCUT2D eigenvalue weighted by Gasteiger charge is 2.38. The first-order valence-electron chi connectivity index (χ1n) is 7.74. The SMILES string of the molecule is CCCCCCCCC1(OC)N=C(N)c2ccccc21. The molecule has 1 aromatic carbocycles. The maximum absolute atomic E-state index is 6.04. The molecule has 0 saturated carbocycles. The zero-order valence-corrected chi connectivity index (χ0v) is 12.7. The van der Waals surface area contributed by atoms with Gasteiger partial charge < -0.3 is 10.5 Å². The molecule has 1 unspecified atom stereocenters. The molecule has 0 radical (unpaired) electrons. The molecule has 0 spiro atoms. The molecule has 1 aliphatic heterocycles. The molecule has 1 aliphatic rings. The van der Waals surface area contributed by atoms with E-state index >= 15 is 0 Å². The van der Waals surface area contributed by atoms with Gasteiger partial charge in [-0.1, -0.05) is 63.3 Å². The number of nitrogens with zero attached hydrogens (tertiary/aromatic N) is 1. The van der Waals surface area contributed by atoms with E-state index in [1.165, 1.54) is 32.1 Å². The third-order valence-electron chi connectivity index (χ3n) is 4.13. The Labute approximate surface area is 122 Å². The second kappa shape index (κ2) is 6.89. The largest absolute Gasteiger partial charge is 0.383 e. The van der Waals surface area contributed by atoms with Crippen molar-refractivity contribution >= 4 is 5.84 Å². The van der Waals surface area contributed by atoms with Crippen LogP contribution in [0.2, 0.25) is 0 Å². The minimum Gasteiger partial charge on any atom is -0.383 e. The highest BCUT2D eigenvalue weighted by Crippen LogP contribution is 2.39. The molecule has 3 nitrogen and oxygen atoms in total. The van der Waals surface area contributed by atoms with Gasteiger partial charge in [0.1, 0.15) is 5.84 Å². The molecular formula is C17H26N2O. The van der Waals surface area contributed by atoms with Gasteiger partial charge in [-0.25, -0.2) is 4.99 Å². The topological polar surface area (TPSA) is 47.6 Å². The summed E-state index contributed by atoms with van der Waals surface area (Å²) >= 11 is 0. The highest BCUT2D eigenvalue weighted by atomic mass is 16.5. The maximum atomic E-state index is 6.04. The fourth-order valence-corrected chi connectivity index (χ4v) is 2.96. The van der Waals surface area contributed by atoms with Gasteiger partial charge in [-0.2, -0.15) is 0 Å². The quantitative estimate of drug-likeness (QED) is 0.729. The van der Waals surface area contributed by atoms with Crippen LogP contribution in [0.15, 0.2) is 29.3 Å². The van der Waals surface area contributed by atoms with Crippen molar-refractivity contribution in [2.24, 2.45) is 10.7 Å². The lowest BCUT2D eigenvalue weighted by molar-refractivity contribution is -0.0135. The second-order valence-electron chi connectivity index (χ2n) is 5.55. The number of fused-ring (bicyclic) bond motifs is 1. The molecule has 0 amide bonds. The molecule has 110 valence electrons. The summed E-state index contributed by atoms with van der Waals surface area (Å²) in [6.45, 7) is 2.24. The molecule has 2 N–H and O–H groups in total. The minimum absolute atomic E-state index is 0.550. The highest BCUT2D eigenvalue weighted by molar-refractivity contribution is 6.01. The van der Waals surface area contributed by atoms with Crippen LogP contribution in [0.25, 0.3) is 0 Å². The van der Waals surface area contributed by atoms with E-state index < -0.39 is 5.72 Å². The Morgan fingerprint density at radius 3 is 2.55 bits per heavy atom. The molecule has 3 heteroatoms. The lowest BCUT2D eigenvalue weighted by Crippen LogP contribution is -2.24. The van der Waals surface area contributed by atoms with E-state index in [4.69, 9.17) is 10.5 Å². The summed E-state index contributed by atoms with van der Waals surface area (Å²) in [7, 11) is 1.73. The lowest BCUT2D eigenvalue weighted by atomic mass is 9.94. The number of ether oxygens (including phenoxy) is 1. The smallest absolute Gasteiger partial charge is 0.187 e. The van der Waals surface area contributed by atoms with Crippen LogP contribution in [-0.2, 0) is 10.5 Å². The van der Waals surface area contributed by atoms with Crippen molar-refractivity contribution in [1.82, 2.24) is 0 Å². The Bertz CT molecular complexity index is 470. The van der Waals surface area contributed by atoms with Crippen LogP contribution >= 0.6 is 0 Å². The summed E-state index contributed by atoms with van der Waals surface area (Å²) in [6, 6.07) is 8.13. The fourth-order valence-electron chi connectivity index (χ4n) is 2.96. The lowest BCUT2D eigenvalue weighted by Gasteiger charge is -2.26. The maximum Gasteiger partial charge on any atom is 0.187 e. The molecule has 20 heavy (non-hydrogen) atoms. The van der Waals surface area contributed by atoms with Crippen LogP contribution in [0.3, 0.4) is 0 Å². The number of benzene rings is 1. The van der Waals surface area contributed by atoms with E-state index in [-0.39, 0.29) is 0 Å². The zero-order chi connectivity index (χ0) is 14.4. The average Bonchev–Trinajstić information content (AvgIpc) is 2.77. The Hall–Kier alpha value is -1.35. The molecule has 0 saturated heterocycles. The van der Waals surface area contributed by atoms with Crippen molar-refractivity contribution < 1.29 is 4.74 Å². The van der Waals surface area contributed by atoms with E-state index in [9.17, 15) is 0 Å². The van der Waals surface area contributed by atoms with Crippen LogP contribution < -0.4 is 5.73 Å². The average molecular weight is 274 g/mol. The fraction of sp³-hybridized carbons (Fsp3) is 0.588. The first kappa shape index (κ1) is 15.0. The van der Waals surface area contributed by atoms with Gasteiger partial charge in [-0.15, -0.1) is 0 Å². The van der Waals surface area contributed by atoms with Crippen molar-refractivity contribution in [1.29, 1.82) is 0 Å². The third-order valence-corrected chi connectivity index (χ3v) is 4.13. The third kappa shape index (κ3) is 3.04. The van der Waals surface area contributed by atoms with E-state index in [2.05, 4.69) is 18.0 Å². The zero-order valence-electron chi connectivity index (χ0n) is 12.7. The van der Waals surface area contributed by atoms with Crippen molar-refractivity contribution in [3.8, 4) is 0 Å². The van der Waals surface area contributed by atoms with Gasteiger partial charge in [0.25, 0.3) is 0 Å². The van der Waals surface area contributed by atoms with Crippen LogP contribution in [0.5, 0.6) is 0 Å². The van der Waals surface area contributed by atoms with E-state index in [1.54, 1.807) is 7.11 Å². The van der Waals surface area contributed by atoms with Crippen LogP contribution in [0.4, 0.5) is 0 Å². The predicted molar refractivity (Wildman–Crippen MR) is 83.8 cm³/mol. The predicted octanol–water partition coefficient (Wildman–Crippen LogP) is 3.96. The summed E-state index contributed by atoms with van der Waals surface area (Å²) in [5, 5.41) is 0. The first-order valence-corrected chi connectivity index (χ1v) is 7.74. The molecule has 0 aliphatic carbocycles. The summed E-state index contributed by atoms with van der Waals surface area (Å²) in [4.78, 5) is 4.61. The van der Waals surface area contributed by atoms with Gasteiger partial charge in [0.2, 0.25) is 0 Å². The van der Waals surface area contributed by atoms with Crippen molar-refractivity contribution in [3.05, 3.63) is 35.4 Å². The summed E-state index contributed by atoms with van der Waals surface area (Å²) < 4.78 is 5.76. The van der Waals surface area contributed by atoms with Gasteiger partial charge >= 0.3 is 0 Å². The Morgan fingerprint density at radius 2 is 1.80 bits per heavy atom. The number of hydrogen-bond donors (Lipinski definition) is 1. The Morgan fingerprint density at radius 1 is 1.10 bits per heavy atom. The normalized spacial score (nSPS) is 20.8. The summed E-state index contributed by atoms with van der Waals surface area (Å²) in [5.41, 5.74) is 7.63. The van der Waals surface area contributed by atoms with Crippen LogP contribution in [0.1, 0.15) is 63.0 Å². The monoisotopic (exact) mass is 274 g/mol. The second-order valence-corrected chi connectivity index (χ2v) is 5.55. The van der Waals surface area contributed by atoms with E-state index in [0.29, 0.717) is 5.84 Å². The first-order chi connectivity index (χ1) is 9.73. The van der Waals surface area contributed by atoms with E-state index in [0.717, 1.165) is 24.0 Å². The molecule has 0 bridgehead atoms. The number of methoxy groups -OCH3 is 1. The van der Waals surface area contributed by atoms with Crippen LogP contribution in [-0.4, -0.2) is 12.9 Å². The van der Waals surface area contributed by atoms with Crippen molar-refractivity contribution in [3.63, 3.8) is 0 Å². The summed E-state index contributed by atoms with van der Waals surface area (Å²) in [5.74, 6) is 0.605. The van der Waals surface area contributed by atoms with Crippen molar-refractivity contribution in [2.75, 3.05) is 7.11 Å². The number of aliphatic imine (C=N–C) groups is 1. The molecule has 1 heterocycles. The number of unbranched alkanes of at least 4 members (excludes halogenated alkanes) is 5. The number of nitrogens with two attached hydrogens (primary N) is 1. The summed E-state index contributed by atoms with van der Waals surface area (Å²) in [6.07, 6.45) is 8.53. The van der Waals surface area contributed by atoms with Gasteiger partial charge in [0, 0.05) is 24.7 Å². The number of rotatable bonds is 8. The molecule has 2 rings (SSSR count). The van der Waals surface area contributed by atoms with Gasteiger partial charge in [0.15, 0.2) is 5.72 Å². The number of hydrogen-bond acceptors (Lipinski definition) is 3. The van der Waals surface area contributed by atoms with Crippen LogP contribution in [0, 0.1) is 0 Å². The molecule has 0 aromatic heterocycles. The van der Waals surface area contributed by atoms with Gasteiger partial charge in [-0.05, 0) is 6.42 Å². The molecule has 1 atom stereocenters. The van der Waals surface area contributed by atoms with Gasteiger partial charge in [-0.3, -0.25) is 0 Å². The molecule has 1 aromatic rings. The Kier molecular flexibility index (Phi) is 5.18. The standard InChI is InChI=1S/C17H26N2O/c1-3-4-5-6-7-10-13-17(20-2)15-12-9-8-11-14(15)16(18)19-17/h8-9,11-12H,3-7,10,13H2,1-2H3,(H2,18,19).